The van der Waals surface area contributed by atoms with Gasteiger partial charge < -0.3 is 9.32 Å². The molecular weight excluding hydrogens is 348 g/mol. The lowest BCUT2D eigenvalue weighted by molar-refractivity contribution is 0.160. The Kier molecular flexibility index (Phi) is 5.02. The predicted octanol–water partition coefficient (Wildman–Crippen LogP) is 3.61. The maximum atomic E-state index is 5.95. The number of fused-ring (bicyclic) bond motifs is 1. The maximum absolute atomic E-state index is 5.95. The van der Waals surface area contributed by atoms with Crippen molar-refractivity contribution >= 4 is 17.1 Å². The smallest absolute Gasteiger partial charge is 0.298 e. The van der Waals surface area contributed by atoms with Crippen LogP contribution in [0.2, 0.25) is 0 Å². The number of anilines is 1. The van der Waals surface area contributed by atoms with Crippen molar-refractivity contribution in [2.24, 2.45) is 0 Å². The lowest BCUT2D eigenvalue weighted by Crippen LogP contribution is -2.50. The second-order valence-electron chi connectivity index (χ2n) is 8.00. The van der Waals surface area contributed by atoms with E-state index in [4.69, 9.17) is 4.42 Å². The SMILES string of the molecule is c1ccc(CN2CCC[C@@H]2CN2CCN(c3nc4ccccc4o3)CC2)cc1. The number of piperazine rings is 1. The Bertz CT molecular complexity index is 868. The van der Waals surface area contributed by atoms with Crippen molar-refractivity contribution < 1.29 is 4.42 Å². The van der Waals surface area contributed by atoms with Gasteiger partial charge in [-0.1, -0.05) is 42.5 Å². The molecule has 1 aromatic heterocycles. The summed E-state index contributed by atoms with van der Waals surface area (Å²) in [6.07, 6.45) is 2.64. The molecule has 0 amide bonds. The standard InChI is InChI=1S/C23H28N4O/c1-2-7-19(8-3-1)17-27-12-6-9-20(27)18-25-13-15-26(16-14-25)23-24-21-10-4-5-11-22(21)28-23/h1-5,7-8,10-11,20H,6,9,12-18H2/t20-/m1/s1. The number of likely N-dealkylation sites (tertiary alicyclic amines) is 1. The molecule has 0 bridgehead atoms. The summed E-state index contributed by atoms with van der Waals surface area (Å²) in [4.78, 5) is 12.2. The van der Waals surface area contributed by atoms with Gasteiger partial charge in [0.25, 0.3) is 6.01 Å². The summed E-state index contributed by atoms with van der Waals surface area (Å²) in [6.45, 7) is 7.60. The summed E-state index contributed by atoms with van der Waals surface area (Å²) >= 11 is 0. The Labute approximate surface area is 166 Å². The number of hydrogen-bond acceptors (Lipinski definition) is 5. The zero-order chi connectivity index (χ0) is 18.8. The van der Waals surface area contributed by atoms with Crippen LogP contribution >= 0.6 is 0 Å². The lowest BCUT2D eigenvalue weighted by Gasteiger charge is -2.37. The average molecular weight is 377 g/mol. The van der Waals surface area contributed by atoms with Gasteiger partial charge in [0.2, 0.25) is 0 Å². The van der Waals surface area contributed by atoms with Crippen molar-refractivity contribution in [1.82, 2.24) is 14.8 Å². The van der Waals surface area contributed by atoms with Crippen LogP contribution in [0.4, 0.5) is 6.01 Å². The zero-order valence-electron chi connectivity index (χ0n) is 16.3. The first kappa shape index (κ1) is 17.7. The van der Waals surface area contributed by atoms with Crippen LogP contribution in [0.3, 0.4) is 0 Å². The number of rotatable bonds is 5. The van der Waals surface area contributed by atoms with E-state index in [1.165, 1.54) is 31.5 Å². The normalized spacial score (nSPS) is 21.6. The second kappa shape index (κ2) is 7.94. The van der Waals surface area contributed by atoms with Crippen molar-refractivity contribution in [3.63, 3.8) is 0 Å². The number of nitrogens with zero attached hydrogens (tertiary/aromatic N) is 4. The third-order valence-corrected chi connectivity index (χ3v) is 6.12. The summed E-state index contributed by atoms with van der Waals surface area (Å²) in [5.74, 6) is 0. The van der Waals surface area contributed by atoms with Crippen molar-refractivity contribution in [2.45, 2.75) is 25.4 Å². The highest BCUT2D eigenvalue weighted by Crippen LogP contribution is 2.24. The van der Waals surface area contributed by atoms with Crippen LogP contribution in [-0.2, 0) is 6.54 Å². The molecule has 2 fully saturated rings. The molecule has 0 unspecified atom stereocenters. The predicted molar refractivity (Wildman–Crippen MR) is 113 cm³/mol. The zero-order valence-corrected chi connectivity index (χ0v) is 16.3. The van der Waals surface area contributed by atoms with Gasteiger partial charge in [-0.2, -0.15) is 4.98 Å². The van der Waals surface area contributed by atoms with Gasteiger partial charge in [-0.15, -0.1) is 0 Å². The minimum atomic E-state index is 0.677. The first-order valence-electron chi connectivity index (χ1n) is 10.5. The quantitative estimate of drug-likeness (QED) is 0.680. The fourth-order valence-corrected chi connectivity index (χ4v) is 4.54. The van der Waals surface area contributed by atoms with Gasteiger partial charge in [0, 0.05) is 45.3 Å². The molecule has 0 N–H and O–H groups in total. The molecule has 2 saturated heterocycles. The topological polar surface area (TPSA) is 35.8 Å². The molecular formula is C23H28N4O. The molecule has 0 saturated carbocycles. The Balaban J connectivity index is 1.16. The Morgan fingerprint density at radius 1 is 0.893 bits per heavy atom. The van der Waals surface area contributed by atoms with Crippen LogP contribution in [0, 0.1) is 0 Å². The van der Waals surface area contributed by atoms with E-state index >= 15 is 0 Å². The molecule has 3 heterocycles. The van der Waals surface area contributed by atoms with Gasteiger partial charge in [0.1, 0.15) is 5.52 Å². The minimum Gasteiger partial charge on any atom is -0.423 e. The van der Waals surface area contributed by atoms with Crippen molar-refractivity contribution in [2.75, 3.05) is 44.2 Å². The highest BCUT2D eigenvalue weighted by Gasteiger charge is 2.28. The molecule has 0 aliphatic carbocycles. The van der Waals surface area contributed by atoms with Crippen molar-refractivity contribution in [3.8, 4) is 0 Å². The van der Waals surface area contributed by atoms with E-state index in [9.17, 15) is 0 Å². The summed E-state index contributed by atoms with van der Waals surface area (Å²) in [5.41, 5.74) is 3.25. The van der Waals surface area contributed by atoms with Gasteiger partial charge in [0.15, 0.2) is 5.58 Å². The second-order valence-corrected chi connectivity index (χ2v) is 8.00. The molecule has 0 radical (unpaired) electrons. The van der Waals surface area contributed by atoms with Crippen LogP contribution in [0.1, 0.15) is 18.4 Å². The maximum Gasteiger partial charge on any atom is 0.298 e. The van der Waals surface area contributed by atoms with Gasteiger partial charge in [-0.05, 0) is 37.1 Å². The van der Waals surface area contributed by atoms with E-state index in [-0.39, 0.29) is 0 Å². The van der Waals surface area contributed by atoms with Gasteiger partial charge in [0.05, 0.1) is 0 Å². The minimum absolute atomic E-state index is 0.677. The molecule has 146 valence electrons. The van der Waals surface area contributed by atoms with E-state index in [0.717, 1.165) is 49.8 Å². The van der Waals surface area contributed by atoms with E-state index in [1.807, 2.05) is 24.3 Å². The fraction of sp³-hybridized carbons (Fsp3) is 0.435. The van der Waals surface area contributed by atoms with E-state index in [2.05, 4.69) is 50.0 Å². The summed E-state index contributed by atoms with van der Waals surface area (Å²) in [6, 6.07) is 20.3. The highest BCUT2D eigenvalue weighted by atomic mass is 16.4. The van der Waals surface area contributed by atoms with Gasteiger partial charge in [-0.25, -0.2) is 0 Å². The van der Waals surface area contributed by atoms with Crippen LogP contribution in [0.5, 0.6) is 0 Å². The fourth-order valence-electron chi connectivity index (χ4n) is 4.54. The highest BCUT2D eigenvalue weighted by molar-refractivity contribution is 5.74. The third-order valence-electron chi connectivity index (χ3n) is 6.12. The first-order valence-corrected chi connectivity index (χ1v) is 10.5. The Morgan fingerprint density at radius 2 is 1.68 bits per heavy atom. The molecule has 0 spiro atoms. The summed E-state index contributed by atoms with van der Waals surface area (Å²) in [7, 11) is 0. The number of aromatic nitrogens is 1. The van der Waals surface area contributed by atoms with E-state index in [1.54, 1.807) is 0 Å². The Morgan fingerprint density at radius 3 is 2.50 bits per heavy atom. The summed E-state index contributed by atoms with van der Waals surface area (Å²) < 4.78 is 5.95. The summed E-state index contributed by atoms with van der Waals surface area (Å²) in [5, 5.41) is 0. The number of oxazole rings is 1. The molecule has 1 atom stereocenters. The average Bonchev–Trinajstić information content (AvgIpc) is 3.36. The lowest BCUT2D eigenvalue weighted by atomic mass is 10.1. The Hall–Kier alpha value is -2.37. The molecule has 2 aromatic carbocycles. The van der Waals surface area contributed by atoms with E-state index < -0.39 is 0 Å². The third kappa shape index (κ3) is 3.77. The van der Waals surface area contributed by atoms with Crippen molar-refractivity contribution in [3.05, 3.63) is 60.2 Å². The molecule has 5 rings (SSSR count). The van der Waals surface area contributed by atoms with Crippen LogP contribution < -0.4 is 4.90 Å². The molecule has 2 aliphatic rings. The number of hydrogen-bond donors (Lipinski definition) is 0. The van der Waals surface area contributed by atoms with Gasteiger partial charge >= 0.3 is 0 Å². The van der Waals surface area contributed by atoms with Crippen molar-refractivity contribution in [1.29, 1.82) is 0 Å². The number of benzene rings is 2. The molecule has 3 aromatic rings. The van der Waals surface area contributed by atoms with E-state index in [0.29, 0.717) is 6.04 Å². The van der Waals surface area contributed by atoms with Crippen LogP contribution in [-0.4, -0.2) is 60.1 Å². The molecule has 28 heavy (non-hydrogen) atoms. The molecule has 5 heteroatoms. The van der Waals surface area contributed by atoms with Crippen LogP contribution in [0.15, 0.2) is 59.0 Å². The number of para-hydroxylation sites is 2. The first-order chi connectivity index (χ1) is 13.8. The monoisotopic (exact) mass is 376 g/mol. The molecule has 2 aliphatic heterocycles. The molecule has 5 nitrogen and oxygen atoms in total. The largest absolute Gasteiger partial charge is 0.423 e. The van der Waals surface area contributed by atoms with Crippen LogP contribution in [0.25, 0.3) is 11.1 Å². The van der Waals surface area contributed by atoms with Gasteiger partial charge in [-0.3, -0.25) is 9.80 Å².